The molecule has 0 fully saturated rings. The maximum absolute atomic E-state index is 5.69. The second kappa shape index (κ2) is 4.43. The van der Waals surface area contributed by atoms with Crippen LogP contribution in [0, 0.1) is 0 Å². The van der Waals surface area contributed by atoms with Gasteiger partial charge in [0.25, 0.3) is 5.22 Å². The molecule has 3 aromatic rings. The number of fused-ring (bicyclic) bond motifs is 1. The van der Waals surface area contributed by atoms with E-state index in [0.29, 0.717) is 10.9 Å². The Bertz CT molecular complexity index is 631. The molecule has 0 aliphatic heterocycles. The molecule has 0 unspecified atom stereocenters. The molecule has 17 heavy (non-hydrogen) atoms. The van der Waals surface area contributed by atoms with Gasteiger partial charge in [-0.2, -0.15) is 11.3 Å². The van der Waals surface area contributed by atoms with Gasteiger partial charge in [-0.05, 0) is 34.5 Å². The van der Waals surface area contributed by atoms with E-state index in [-0.39, 0.29) is 0 Å². The summed E-state index contributed by atoms with van der Waals surface area (Å²) in [6.45, 7) is 0. The fraction of sp³-hybridized carbons (Fsp3) is 0.0833. The number of oxazole rings is 1. The van der Waals surface area contributed by atoms with Gasteiger partial charge in [-0.15, -0.1) is 0 Å². The first kappa shape index (κ1) is 10.7. The number of hydrogen-bond donors (Lipinski definition) is 1. The highest BCUT2D eigenvalue weighted by Crippen LogP contribution is 2.27. The quantitative estimate of drug-likeness (QED) is 0.576. The molecule has 0 saturated heterocycles. The van der Waals surface area contributed by atoms with Crippen LogP contribution in [0.2, 0.25) is 0 Å². The number of hydrogen-bond acceptors (Lipinski definition) is 5. The highest BCUT2D eigenvalue weighted by Gasteiger charge is 2.06. The third kappa shape index (κ3) is 2.30. The number of anilines is 1. The van der Waals surface area contributed by atoms with Crippen molar-refractivity contribution in [2.75, 3.05) is 5.73 Å². The van der Waals surface area contributed by atoms with Crippen molar-refractivity contribution in [3.8, 4) is 0 Å². The minimum absolute atomic E-state index is 0.691. The number of benzene rings is 1. The van der Waals surface area contributed by atoms with Crippen molar-refractivity contribution < 1.29 is 4.42 Å². The number of nitrogens with zero attached hydrogens (tertiary/aromatic N) is 1. The molecule has 2 heterocycles. The molecule has 0 aliphatic carbocycles. The third-order valence-corrected chi connectivity index (χ3v) is 3.97. The zero-order valence-electron chi connectivity index (χ0n) is 8.92. The average Bonchev–Trinajstić information content (AvgIpc) is 2.94. The number of thioether (sulfide) groups is 1. The van der Waals surface area contributed by atoms with Gasteiger partial charge in [0.05, 0.1) is 0 Å². The van der Waals surface area contributed by atoms with Gasteiger partial charge in [0.15, 0.2) is 5.58 Å². The van der Waals surface area contributed by atoms with E-state index in [4.69, 9.17) is 10.2 Å². The van der Waals surface area contributed by atoms with Crippen molar-refractivity contribution in [1.82, 2.24) is 4.98 Å². The summed E-state index contributed by atoms with van der Waals surface area (Å²) in [5, 5.41) is 4.90. The van der Waals surface area contributed by atoms with Gasteiger partial charge >= 0.3 is 0 Å². The molecule has 0 atom stereocenters. The summed E-state index contributed by atoms with van der Waals surface area (Å²) >= 11 is 3.30. The second-order valence-electron chi connectivity index (χ2n) is 3.63. The van der Waals surface area contributed by atoms with Gasteiger partial charge in [-0.1, -0.05) is 11.8 Å². The summed E-state index contributed by atoms with van der Waals surface area (Å²) in [7, 11) is 0. The number of aromatic nitrogens is 1. The predicted octanol–water partition coefficient (Wildman–Crippen LogP) is 3.76. The second-order valence-corrected chi connectivity index (χ2v) is 5.33. The first-order valence-corrected chi connectivity index (χ1v) is 7.04. The molecule has 0 spiro atoms. The molecular formula is C12H10N2OS2. The monoisotopic (exact) mass is 262 g/mol. The first-order valence-electron chi connectivity index (χ1n) is 5.11. The fourth-order valence-corrected chi connectivity index (χ4v) is 3.06. The molecule has 3 rings (SSSR count). The SMILES string of the molecule is Nc1ccc2nc(SCc3ccsc3)oc2c1. The van der Waals surface area contributed by atoms with Crippen LogP contribution in [-0.4, -0.2) is 4.98 Å². The Morgan fingerprint density at radius 1 is 1.35 bits per heavy atom. The lowest BCUT2D eigenvalue weighted by molar-refractivity contribution is 0.489. The van der Waals surface area contributed by atoms with Gasteiger partial charge in [0.2, 0.25) is 0 Å². The minimum atomic E-state index is 0.691. The normalized spacial score (nSPS) is 11.1. The number of nitrogen functional groups attached to an aromatic ring is 1. The zero-order chi connectivity index (χ0) is 11.7. The summed E-state index contributed by atoms with van der Waals surface area (Å²) < 4.78 is 5.62. The van der Waals surface area contributed by atoms with Gasteiger partial charge < -0.3 is 10.2 Å². The average molecular weight is 262 g/mol. The maximum Gasteiger partial charge on any atom is 0.257 e. The molecule has 0 bridgehead atoms. The van der Waals surface area contributed by atoms with Crippen molar-refractivity contribution in [2.45, 2.75) is 11.0 Å². The van der Waals surface area contributed by atoms with Crippen LogP contribution < -0.4 is 5.73 Å². The van der Waals surface area contributed by atoms with Crippen LogP contribution >= 0.6 is 23.1 Å². The van der Waals surface area contributed by atoms with Crippen LogP contribution in [0.1, 0.15) is 5.56 Å². The lowest BCUT2D eigenvalue weighted by atomic mass is 10.3. The molecule has 0 aliphatic rings. The minimum Gasteiger partial charge on any atom is -0.431 e. The van der Waals surface area contributed by atoms with E-state index in [1.807, 2.05) is 12.1 Å². The lowest BCUT2D eigenvalue weighted by Gasteiger charge is -1.92. The summed E-state index contributed by atoms with van der Waals surface area (Å²) in [6, 6.07) is 7.62. The summed E-state index contributed by atoms with van der Waals surface area (Å²) in [5.41, 5.74) is 9.28. The smallest absolute Gasteiger partial charge is 0.257 e. The Labute approximate surface area is 107 Å². The standard InChI is InChI=1S/C12H10N2OS2/c13-9-1-2-10-11(5-9)15-12(14-10)17-7-8-3-4-16-6-8/h1-6H,7,13H2. The Kier molecular flexibility index (Phi) is 2.78. The predicted molar refractivity (Wildman–Crippen MR) is 72.3 cm³/mol. The lowest BCUT2D eigenvalue weighted by Crippen LogP contribution is -1.81. The van der Waals surface area contributed by atoms with Crippen molar-refractivity contribution in [3.05, 3.63) is 40.6 Å². The topological polar surface area (TPSA) is 52.0 Å². The number of thiophene rings is 1. The highest BCUT2D eigenvalue weighted by atomic mass is 32.2. The molecule has 5 heteroatoms. The highest BCUT2D eigenvalue weighted by molar-refractivity contribution is 7.98. The van der Waals surface area contributed by atoms with E-state index in [1.54, 1.807) is 29.2 Å². The van der Waals surface area contributed by atoms with Gasteiger partial charge in [0.1, 0.15) is 5.52 Å². The van der Waals surface area contributed by atoms with E-state index in [2.05, 4.69) is 21.8 Å². The van der Waals surface area contributed by atoms with E-state index in [1.165, 1.54) is 5.56 Å². The van der Waals surface area contributed by atoms with Crippen LogP contribution in [-0.2, 0) is 5.75 Å². The van der Waals surface area contributed by atoms with E-state index < -0.39 is 0 Å². The van der Waals surface area contributed by atoms with Crippen LogP contribution in [0.25, 0.3) is 11.1 Å². The van der Waals surface area contributed by atoms with Crippen molar-refractivity contribution in [1.29, 1.82) is 0 Å². The molecule has 2 aromatic heterocycles. The van der Waals surface area contributed by atoms with Crippen molar-refractivity contribution >= 4 is 39.9 Å². The van der Waals surface area contributed by atoms with Crippen molar-refractivity contribution in [3.63, 3.8) is 0 Å². The first-order chi connectivity index (χ1) is 8.31. The van der Waals surface area contributed by atoms with Crippen LogP contribution in [0.5, 0.6) is 0 Å². The molecule has 0 radical (unpaired) electrons. The Morgan fingerprint density at radius 3 is 3.12 bits per heavy atom. The zero-order valence-corrected chi connectivity index (χ0v) is 10.6. The molecule has 0 amide bonds. The maximum atomic E-state index is 5.69. The molecular weight excluding hydrogens is 252 g/mol. The Balaban J connectivity index is 1.81. The van der Waals surface area contributed by atoms with Crippen molar-refractivity contribution in [2.24, 2.45) is 0 Å². The fourth-order valence-electron chi connectivity index (χ4n) is 1.50. The number of nitrogens with two attached hydrogens (primary N) is 1. The summed E-state index contributed by atoms with van der Waals surface area (Å²) in [5.74, 6) is 0.881. The van der Waals surface area contributed by atoms with Gasteiger partial charge in [-0.25, -0.2) is 4.98 Å². The van der Waals surface area contributed by atoms with E-state index >= 15 is 0 Å². The number of rotatable bonds is 3. The molecule has 1 aromatic carbocycles. The molecule has 86 valence electrons. The third-order valence-electron chi connectivity index (χ3n) is 2.34. The van der Waals surface area contributed by atoms with Gasteiger partial charge in [-0.3, -0.25) is 0 Å². The molecule has 0 saturated carbocycles. The Hall–Kier alpha value is -1.46. The molecule has 3 nitrogen and oxygen atoms in total. The summed E-state index contributed by atoms with van der Waals surface area (Å²) in [4.78, 5) is 4.40. The van der Waals surface area contributed by atoms with Gasteiger partial charge in [0, 0.05) is 17.5 Å². The summed E-state index contributed by atoms with van der Waals surface area (Å²) in [6.07, 6.45) is 0. The van der Waals surface area contributed by atoms with Crippen LogP contribution in [0.15, 0.2) is 44.7 Å². The molecule has 2 N–H and O–H groups in total. The largest absolute Gasteiger partial charge is 0.431 e. The van der Waals surface area contributed by atoms with E-state index in [9.17, 15) is 0 Å². The van der Waals surface area contributed by atoms with Crippen LogP contribution in [0.3, 0.4) is 0 Å². The van der Waals surface area contributed by atoms with E-state index in [0.717, 1.165) is 16.9 Å². The Morgan fingerprint density at radius 2 is 2.29 bits per heavy atom. The van der Waals surface area contributed by atoms with Crippen LogP contribution in [0.4, 0.5) is 5.69 Å².